The molecular formula is C23H21N3O3S. The zero-order chi connectivity index (χ0) is 21.1. The number of ether oxygens (including phenoxy) is 2. The van der Waals surface area contributed by atoms with Crippen LogP contribution in [-0.4, -0.2) is 30.1 Å². The number of thiazole rings is 1. The highest BCUT2D eigenvalue weighted by Gasteiger charge is 2.22. The second-order valence-electron chi connectivity index (χ2n) is 6.79. The third kappa shape index (κ3) is 3.97. The predicted molar refractivity (Wildman–Crippen MR) is 119 cm³/mol. The number of aromatic nitrogens is 2. The second-order valence-corrected chi connectivity index (χ2v) is 7.80. The molecule has 0 atom stereocenters. The summed E-state index contributed by atoms with van der Waals surface area (Å²) < 4.78 is 11.7. The molecule has 0 unspecified atom stereocenters. The van der Waals surface area contributed by atoms with Gasteiger partial charge in [0.1, 0.15) is 0 Å². The van der Waals surface area contributed by atoms with E-state index in [1.807, 2.05) is 55.5 Å². The lowest BCUT2D eigenvalue weighted by Gasteiger charge is -2.20. The fraction of sp³-hybridized carbons (Fsp3) is 0.174. The highest BCUT2D eigenvalue weighted by molar-refractivity contribution is 7.22. The van der Waals surface area contributed by atoms with Crippen LogP contribution in [0.4, 0.5) is 5.13 Å². The Hall–Kier alpha value is -3.45. The van der Waals surface area contributed by atoms with Crippen LogP contribution >= 0.6 is 11.3 Å². The van der Waals surface area contributed by atoms with Crippen molar-refractivity contribution in [2.75, 3.05) is 19.1 Å². The van der Waals surface area contributed by atoms with Gasteiger partial charge in [0.05, 0.1) is 31.0 Å². The molecule has 0 fully saturated rings. The first-order valence-electron chi connectivity index (χ1n) is 9.39. The zero-order valence-corrected chi connectivity index (χ0v) is 17.8. The van der Waals surface area contributed by atoms with Crippen LogP contribution in [0.25, 0.3) is 10.2 Å². The summed E-state index contributed by atoms with van der Waals surface area (Å²) in [6, 6.07) is 15.1. The van der Waals surface area contributed by atoms with Crippen molar-refractivity contribution in [1.82, 2.24) is 9.97 Å². The van der Waals surface area contributed by atoms with Crippen LogP contribution in [0.2, 0.25) is 0 Å². The molecule has 4 aromatic rings. The van der Waals surface area contributed by atoms with Gasteiger partial charge in [0.25, 0.3) is 5.91 Å². The van der Waals surface area contributed by atoms with E-state index in [2.05, 4.69) is 4.98 Å². The number of hydrogen-bond donors (Lipinski definition) is 0. The van der Waals surface area contributed by atoms with Crippen molar-refractivity contribution in [3.8, 4) is 11.5 Å². The number of anilines is 1. The molecule has 0 aliphatic rings. The van der Waals surface area contributed by atoms with E-state index in [9.17, 15) is 4.79 Å². The summed E-state index contributed by atoms with van der Waals surface area (Å²) in [5.41, 5.74) is 3.39. The van der Waals surface area contributed by atoms with Crippen molar-refractivity contribution >= 4 is 32.6 Å². The lowest BCUT2D eigenvalue weighted by molar-refractivity contribution is 0.0985. The molecular weight excluding hydrogens is 398 g/mol. The van der Waals surface area contributed by atoms with Gasteiger partial charge >= 0.3 is 0 Å². The summed E-state index contributed by atoms with van der Waals surface area (Å²) in [4.78, 5) is 24.0. The third-order valence-electron chi connectivity index (χ3n) is 4.72. The fourth-order valence-corrected chi connectivity index (χ4v) is 4.08. The zero-order valence-electron chi connectivity index (χ0n) is 17.0. The summed E-state index contributed by atoms with van der Waals surface area (Å²) >= 11 is 1.44. The molecule has 2 aromatic heterocycles. The van der Waals surface area contributed by atoms with Crippen molar-refractivity contribution in [3.63, 3.8) is 0 Å². The third-order valence-corrected chi connectivity index (χ3v) is 5.76. The van der Waals surface area contributed by atoms with E-state index in [1.54, 1.807) is 31.5 Å². The van der Waals surface area contributed by atoms with Crippen LogP contribution in [0, 0.1) is 6.92 Å². The second kappa shape index (κ2) is 8.51. The molecule has 2 aromatic carbocycles. The summed E-state index contributed by atoms with van der Waals surface area (Å²) in [6.07, 6.45) is 3.47. The Bertz CT molecular complexity index is 1130. The number of carbonyl (C=O) groups excluding carboxylic acids is 1. The molecule has 0 saturated heterocycles. The maximum absolute atomic E-state index is 13.4. The highest BCUT2D eigenvalue weighted by Crippen LogP contribution is 2.38. The topological polar surface area (TPSA) is 64.5 Å². The molecule has 0 spiro atoms. The van der Waals surface area contributed by atoms with Gasteiger partial charge in [-0.05, 0) is 30.7 Å². The van der Waals surface area contributed by atoms with Crippen LogP contribution < -0.4 is 14.4 Å². The lowest BCUT2D eigenvalue weighted by atomic mass is 10.1. The fourth-order valence-electron chi connectivity index (χ4n) is 3.11. The molecule has 0 aliphatic heterocycles. The van der Waals surface area contributed by atoms with Crippen molar-refractivity contribution in [2.24, 2.45) is 0 Å². The molecule has 2 heterocycles. The number of pyridine rings is 1. The Balaban J connectivity index is 1.78. The summed E-state index contributed by atoms with van der Waals surface area (Å²) in [5, 5.41) is 0.606. The Morgan fingerprint density at radius 1 is 1.07 bits per heavy atom. The molecule has 0 N–H and O–H groups in total. The van der Waals surface area contributed by atoms with E-state index in [0.29, 0.717) is 28.7 Å². The Morgan fingerprint density at radius 2 is 1.80 bits per heavy atom. The predicted octanol–water partition coefficient (Wildman–Crippen LogP) is 4.86. The van der Waals surface area contributed by atoms with Gasteiger partial charge in [0.2, 0.25) is 0 Å². The van der Waals surface area contributed by atoms with Gasteiger partial charge in [0.15, 0.2) is 16.6 Å². The van der Waals surface area contributed by atoms with Crippen LogP contribution in [0.15, 0.2) is 60.9 Å². The van der Waals surface area contributed by atoms with Gasteiger partial charge in [0, 0.05) is 30.1 Å². The van der Waals surface area contributed by atoms with E-state index in [0.717, 1.165) is 21.3 Å². The number of benzene rings is 2. The maximum atomic E-state index is 13.4. The number of hydrogen-bond acceptors (Lipinski definition) is 6. The molecule has 0 bridgehead atoms. The first-order valence-corrected chi connectivity index (χ1v) is 10.2. The number of aryl methyl sites for hydroxylation is 1. The lowest BCUT2D eigenvalue weighted by Crippen LogP contribution is -2.30. The van der Waals surface area contributed by atoms with Gasteiger partial charge in [-0.1, -0.05) is 35.1 Å². The number of fused-ring (bicyclic) bond motifs is 1. The average Bonchev–Trinajstić information content (AvgIpc) is 3.19. The number of methoxy groups -OCH3 is 2. The van der Waals surface area contributed by atoms with Crippen LogP contribution in [0.5, 0.6) is 11.5 Å². The smallest absolute Gasteiger partial charge is 0.260 e. The Kier molecular flexibility index (Phi) is 5.63. The number of nitrogens with zero attached hydrogens (tertiary/aromatic N) is 3. The molecule has 1 amide bonds. The summed E-state index contributed by atoms with van der Waals surface area (Å²) in [5.74, 6) is 1.12. The van der Waals surface area contributed by atoms with Crippen LogP contribution in [0.1, 0.15) is 21.5 Å². The highest BCUT2D eigenvalue weighted by atomic mass is 32.1. The standard InChI is InChI=1S/C23H21N3O3S/c1-15-6-8-17(9-7-15)22(27)26(14-16-5-4-10-24-13-16)23-25-18-11-19(28-2)20(29-3)12-21(18)30-23/h4-13H,14H2,1-3H3. The first-order chi connectivity index (χ1) is 14.6. The SMILES string of the molecule is COc1cc2nc(N(Cc3cccnc3)C(=O)c3ccc(C)cc3)sc2cc1OC. The number of rotatable bonds is 6. The molecule has 4 rings (SSSR count). The molecule has 0 radical (unpaired) electrons. The molecule has 7 heteroatoms. The quantitative estimate of drug-likeness (QED) is 0.446. The van der Waals surface area contributed by atoms with E-state index in [-0.39, 0.29) is 5.91 Å². The van der Waals surface area contributed by atoms with Crippen molar-refractivity contribution in [1.29, 1.82) is 0 Å². The molecule has 6 nitrogen and oxygen atoms in total. The van der Waals surface area contributed by atoms with E-state index < -0.39 is 0 Å². The summed E-state index contributed by atoms with van der Waals surface area (Å²) in [6.45, 7) is 2.37. The van der Waals surface area contributed by atoms with Crippen molar-refractivity contribution in [2.45, 2.75) is 13.5 Å². The van der Waals surface area contributed by atoms with Gasteiger partial charge < -0.3 is 9.47 Å². The van der Waals surface area contributed by atoms with Gasteiger partial charge in [-0.25, -0.2) is 4.98 Å². The molecule has 152 valence electrons. The van der Waals surface area contributed by atoms with Crippen LogP contribution in [0.3, 0.4) is 0 Å². The number of carbonyl (C=O) groups is 1. The Morgan fingerprint density at radius 3 is 2.47 bits per heavy atom. The minimum absolute atomic E-state index is 0.114. The van der Waals surface area contributed by atoms with Gasteiger partial charge in [-0.3, -0.25) is 14.7 Å². The van der Waals surface area contributed by atoms with Crippen LogP contribution in [-0.2, 0) is 6.54 Å². The molecule has 0 aliphatic carbocycles. The monoisotopic (exact) mass is 419 g/mol. The van der Waals surface area contributed by atoms with E-state index >= 15 is 0 Å². The molecule has 30 heavy (non-hydrogen) atoms. The average molecular weight is 420 g/mol. The maximum Gasteiger partial charge on any atom is 0.260 e. The summed E-state index contributed by atoms with van der Waals surface area (Å²) in [7, 11) is 3.19. The van der Waals surface area contributed by atoms with Crippen molar-refractivity contribution < 1.29 is 14.3 Å². The van der Waals surface area contributed by atoms with E-state index in [4.69, 9.17) is 14.5 Å². The van der Waals surface area contributed by atoms with E-state index in [1.165, 1.54) is 11.3 Å². The largest absolute Gasteiger partial charge is 0.493 e. The van der Waals surface area contributed by atoms with Crippen molar-refractivity contribution in [3.05, 3.63) is 77.6 Å². The van der Waals surface area contributed by atoms with Gasteiger partial charge in [-0.2, -0.15) is 0 Å². The molecule has 0 saturated carbocycles. The van der Waals surface area contributed by atoms with Gasteiger partial charge in [-0.15, -0.1) is 0 Å². The normalized spacial score (nSPS) is 10.8. The minimum atomic E-state index is -0.114. The number of amides is 1. The first kappa shape index (κ1) is 19.8. The Labute approximate surface area is 178 Å². The minimum Gasteiger partial charge on any atom is -0.493 e.